The molecule has 0 aliphatic heterocycles. The first kappa shape index (κ1) is 25.2. The van der Waals surface area contributed by atoms with E-state index in [2.05, 4.69) is 10.6 Å². The largest absolute Gasteiger partial charge is 0.495 e. The summed E-state index contributed by atoms with van der Waals surface area (Å²) in [4.78, 5) is 24.9. The van der Waals surface area contributed by atoms with E-state index in [1.807, 2.05) is 6.07 Å². The zero-order valence-electron chi connectivity index (χ0n) is 19.3. The summed E-state index contributed by atoms with van der Waals surface area (Å²) in [7, 11) is -2.47. The van der Waals surface area contributed by atoms with Gasteiger partial charge in [-0.3, -0.25) is 13.9 Å². The summed E-state index contributed by atoms with van der Waals surface area (Å²) in [6.07, 6.45) is 0. The Bertz CT molecular complexity index is 1060. The van der Waals surface area contributed by atoms with Crippen molar-refractivity contribution in [2.75, 3.05) is 23.3 Å². The number of para-hydroxylation sites is 1. The fourth-order valence-electron chi connectivity index (χ4n) is 2.88. The maximum absolute atomic E-state index is 13.3. The number of benzene rings is 2. The molecule has 2 aromatic rings. The highest BCUT2D eigenvalue weighted by atomic mass is 32.2. The molecule has 0 heterocycles. The van der Waals surface area contributed by atoms with Crippen molar-refractivity contribution in [1.82, 2.24) is 5.32 Å². The number of carbonyl (C=O) groups is 2. The van der Waals surface area contributed by atoms with Gasteiger partial charge in [0.05, 0.1) is 23.4 Å². The molecule has 0 aliphatic rings. The lowest BCUT2D eigenvalue weighted by Gasteiger charge is -2.24. The second-order valence-corrected chi connectivity index (χ2v) is 10.2. The first-order valence-corrected chi connectivity index (χ1v) is 11.7. The molecule has 8 nitrogen and oxygen atoms in total. The number of amides is 2. The van der Waals surface area contributed by atoms with E-state index in [0.29, 0.717) is 11.4 Å². The van der Waals surface area contributed by atoms with Crippen molar-refractivity contribution >= 4 is 33.2 Å². The number of nitrogens with one attached hydrogen (secondary N) is 2. The average Bonchev–Trinajstić information content (AvgIpc) is 2.74. The minimum absolute atomic E-state index is 0.00526. The van der Waals surface area contributed by atoms with Gasteiger partial charge in [-0.25, -0.2) is 8.42 Å². The summed E-state index contributed by atoms with van der Waals surface area (Å²) in [5.41, 5.74) is 0.0795. The van der Waals surface area contributed by atoms with E-state index < -0.39 is 27.4 Å². The molecule has 0 spiro atoms. The summed E-state index contributed by atoms with van der Waals surface area (Å²) in [5, 5.41) is 5.32. The third kappa shape index (κ3) is 5.79. The molecular formula is C23H31N3O5S. The molecular weight excluding hydrogens is 430 g/mol. The van der Waals surface area contributed by atoms with Crippen molar-refractivity contribution in [1.29, 1.82) is 0 Å². The molecule has 0 saturated carbocycles. The molecule has 0 fully saturated rings. The molecule has 1 unspecified atom stereocenters. The van der Waals surface area contributed by atoms with Gasteiger partial charge in [0.15, 0.2) is 0 Å². The summed E-state index contributed by atoms with van der Waals surface area (Å²) in [6, 6.07) is 12.2. The second kappa shape index (κ2) is 10.0. The topological polar surface area (TPSA) is 105 Å². The van der Waals surface area contributed by atoms with Crippen LogP contribution in [0.5, 0.6) is 5.75 Å². The van der Waals surface area contributed by atoms with Crippen LogP contribution in [0.15, 0.2) is 53.4 Å². The lowest BCUT2D eigenvalue weighted by molar-refractivity contribution is -0.131. The Morgan fingerprint density at radius 2 is 1.72 bits per heavy atom. The van der Waals surface area contributed by atoms with Gasteiger partial charge in [0, 0.05) is 12.0 Å². The molecule has 0 radical (unpaired) electrons. The molecule has 0 aromatic heterocycles. The quantitative estimate of drug-likeness (QED) is 0.627. The van der Waals surface area contributed by atoms with Crippen LogP contribution in [0.1, 0.15) is 34.6 Å². The van der Waals surface area contributed by atoms with Crippen molar-refractivity contribution in [3.8, 4) is 5.75 Å². The zero-order valence-corrected chi connectivity index (χ0v) is 20.1. The highest BCUT2D eigenvalue weighted by molar-refractivity contribution is 7.92. The van der Waals surface area contributed by atoms with Gasteiger partial charge in [-0.15, -0.1) is 0 Å². The smallest absolute Gasteiger partial charge is 0.264 e. The van der Waals surface area contributed by atoms with Crippen LogP contribution in [0, 0.1) is 5.41 Å². The molecule has 9 heteroatoms. The number of nitrogens with zero attached hydrogens (tertiary/aromatic N) is 1. The second-order valence-electron chi connectivity index (χ2n) is 8.30. The van der Waals surface area contributed by atoms with Crippen LogP contribution in [0.2, 0.25) is 0 Å². The highest BCUT2D eigenvalue weighted by Crippen LogP contribution is 2.31. The predicted molar refractivity (Wildman–Crippen MR) is 125 cm³/mol. The standard InChI is InChI=1S/C23H31N3O5S/c1-7-26(17-11-9-8-10-12-17)32(29,30)18-13-14-20(31-6)19(15-18)25-21(27)16(2)24-22(28)23(3,4)5/h8-16H,7H2,1-6H3,(H,24,28)(H,25,27). The van der Waals surface area contributed by atoms with Crippen LogP contribution < -0.4 is 19.7 Å². The van der Waals surface area contributed by atoms with E-state index in [1.54, 1.807) is 58.9 Å². The number of rotatable bonds is 8. The normalized spacial score (nSPS) is 12.6. The number of sulfonamides is 1. The number of ether oxygens (including phenoxy) is 1. The lowest BCUT2D eigenvalue weighted by atomic mass is 9.95. The van der Waals surface area contributed by atoms with Crippen molar-refractivity contribution in [3.05, 3.63) is 48.5 Å². The van der Waals surface area contributed by atoms with Gasteiger partial charge in [-0.05, 0) is 44.2 Å². The number of methoxy groups -OCH3 is 1. The lowest BCUT2D eigenvalue weighted by Crippen LogP contribution is -2.46. The van der Waals surface area contributed by atoms with Gasteiger partial charge in [0.2, 0.25) is 11.8 Å². The zero-order chi connectivity index (χ0) is 24.1. The first-order chi connectivity index (χ1) is 14.9. The molecule has 2 aromatic carbocycles. The van der Waals surface area contributed by atoms with Gasteiger partial charge in [-0.1, -0.05) is 39.0 Å². The van der Waals surface area contributed by atoms with Crippen LogP contribution in [-0.2, 0) is 19.6 Å². The third-order valence-electron chi connectivity index (χ3n) is 4.77. The Kier molecular flexibility index (Phi) is 7.90. The van der Waals surface area contributed by atoms with Crippen molar-refractivity contribution in [2.24, 2.45) is 5.41 Å². The molecule has 2 rings (SSSR count). The van der Waals surface area contributed by atoms with Gasteiger partial charge >= 0.3 is 0 Å². The first-order valence-electron chi connectivity index (χ1n) is 10.3. The average molecular weight is 462 g/mol. The van der Waals surface area contributed by atoms with Crippen LogP contribution >= 0.6 is 0 Å². The van der Waals surface area contributed by atoms with Gasteiger partial charge in [-0.2, -0.15) is 0 Å². The summed E-state index contributed by atoms with van der Waals surface area (Å²) in [5.74, 6) is -0.467. The predicted octanol–water partition coefficient (Wildman–Crippen LogP) is 3.40. The Morgan fingerprint density at radius 3 is 2.25 bits per heavy atom. The van der Waals surface area contributed by atoms with E-state index in [4.69, 9.17) is 4.74 Å². The van der Waals surface area contributed by atoms with E-state index >= 15 is 0 Å². The Labute approximate surface area is 190 Å². The van der Waals surface area contributed by atoms with Gasteiger partial charge in [0.25, 0.3) is 10.0 Å². The molecule has 32 heavy (non-hydrogen) atoms. The molecule has 0 bridgehead atoms. The van der Waals surface area contributed by atoms with E-state index in [1.165, 1.54) is 29.6 Å². The molecule has 2 amide bonds. The maximum atomic E-state index is 13.3. The van der Waals surface area contributed by atoms with Crippen LogP contribution in [0.3, 0.4) is 0 Å². The molecule has 1 atom stereocenters. The minimum Gasteiger partial charge on any atom is -0.495 e. The fourth-order valence-corrected chi connectivity index (χ4v) is 4.38. The van der Waals surface area contributed by atoms with Gasteiger partial charge in [0.1, 0.15) is 11.8 Å². The Balaban J connectivity index is 2.34. The van der Waals surface area contributed by atoms with E-state index in [9.17, 15) is 18.0 Å². The molecule has 2 N–H and O–H groups in total. The van der Waals surface area contributed by atoms with E-state index in [-0.39, 0.29) is 23.0 Å². The third-order valence-corrected chi connectivity index (χ3v) is 6.67. The number of hydrogen-bond donors (Lipinski definition) is 2. The fraction of sp³-hybridized carbons (Fsp3) is 0.391. The number of anilines is 2. The number of hydrogen-bond acceptors (Lipinski definition) is 5. The summed E-state index contributed by atoms with van der Waals surface area (Å²) >= 11 is 0. The Morgan fingerprint density at radius 1 is 1.09 bits per heavy atom. The van der Waals surface area contributed by atoms with E-state index in [0.717, 1.165) is 0 Å². The van der Waals surface area contributed by atoms with Crippen LogP contribution in [-0.4, -0.2) is 39.9 Å². The minimum atomic E-state index is -3.89. The highest BCUT2D eigenvalue weighted by Gasteiger charge is 2.27. The van der Waals surface area contributed by atoms with Gasteiger partial charge < -0.3 is 15.4 Å². The van der Waals surface area contributed by atoms with Crippen LogP contribution in [0.25, 0.3) is 0 Å². The Hall–Kier alpha value is -3.07. The molecule has 0 saturated heterocycles. The molecule has 0 aliphatic carbocycles. The SMILES string of the molecule is CCN(c1ccccc1)S(=O)(=O)c1ccc(OC)c(NC(=O)C(C)NC(=O)C(C)(C)C)c1. The summed E-state index contributed by atoms with van der Waals surface area (Å²) < 4.78 is 33.2. The summed E-state index contributed by atoms with van der Waals surface area (Å²) in [6.45, 7) is 8.77. The van der Waals surface area contributed by atoms with Crippen molar-refractivity contribution in [2.45, 2.75) is 45.6 Å². The monoisotopic (exact) mass is 461 g/mol. The van der Waals surface area contributed by atoms with Crippen LogP contribution in [0.4, 0.5) is 11.4 Å². The number of carbonyl (C=O) groups excluding carboxylic acids is 2. The molecule has 174 valence electrons. The maximum Gasteiger partial charge on any atom is 0.264 e. The van der Waals surface area contributed by atoms with Crippen molar-refractivity contribution < 1.29 is 22.7 Å². The van der Waals surface area contributed by atoms with Crippen molar-refractivity contribution in [3.63, 3.8) is 0 Å².